The monoisotopic (exact) mass is 383 g/mol. The molecule has 0 bridgehead atoms. The highest BCUT2D eigenvalue weighted by Gasteiger charge is 2.19. The van der Waals surface area contributed by atoms with Gasteiger partial charge in [-0.15, -0.1) is 0 Å². The van der Waals surface area contributed by atoms with Gasteiger partial charge < -0.3 is 9.47 Å². The van der Waals surface area contributed by atoms with Gasteiger partial charge in [0.15, 0.2) is 0 Å². The van der Waals surface area contributed by atoms with Gasteiger partial charge in [-0.05, 0) is 31.4 Å². The lowest BCUT2D eigenvalue weighted by Gasteiger charge is -2.27. The van der Waals surface area contributed by atoms with Crippen molar-refractivity contribution in [3.05, 3.63) is 41.6 Å². The SMILES string of the molecule is CN(Cc1cn(C)nc1-c1ccc(C2CCCCC2)cc1)C[C@@H]1COCCO1. The van der Waals surface area contributed by atoms with Crippen molar-refractivity contribution < 1.29 is 9.47 Å². The zero-order valence-corrected chi connectivity index (χ0v) is 17.3. The van der Waals surface area contributed by atoms with Gasteiger partial charge >= 0.3 is 0 Å². The Morgan fingerprint density at radius 2 is 1.89 bits per heavy atom. The minimum atomic E-state index is 0.161. The Labute approximate surface area is 168 Å². The molecular weight excluding hydrogens is 350 g/mol. The molecule has 5 nitrogen and oxygen atoms in total. The molecule has 0 N–H and O–H groups in total. The Morgan fingerprint density at radius 3 is 2.61 bits per heavy atom. The van der Waals surface area contributed by atoms with E-state index in [2.05, 4.69) is 42.4 Å². The lowest BCUT2D eigenvalue weighted by molar-refractivity contribution is -0.0962. The molecule has 1 aliphatic carbocycles. The van der Waals surface area contributed by atoms with Crippen LogP contribution >= 0.6 is 0 Å². The second-order valence-corrected chi connectivity index (χ2v) is 8.40. The van der Waals surface area contributed by atoms with Crippen LogP contribution in [0.15, 0.2) is 30.5 Å². The lowest BCUT2D eigenvalue weighted by Crippen LogP contribution is -2.38. The van der Waals surface area contributed by atoms with Crippen LogP contribution in [0.2, 0.25) is 0 Å². The number of aryl methyl sites for hydroxylation is 1. The number of rotatable bonds is 6. The quantitative estimate of drug-likeness (QED) is 0.756. The number of aromatic nitrogens is 2. The molecular formula is C23H33N3O2. The molecule has 0 radical (unpaired) electrons. The summed E-state index contributed by atoms with van der Waals surface area (Å²) in [6.45, 7) is 3.82. The fourth-order valence-corrected chi connectivity index (χ4v) is 4.59. The summed E-state index contributed by atoms with van der Waals surface area (Å²) in [5, 5.41) is 4.76. The highest BCUT2D eigenvalue weighted by atomic mass is 16.6. The second kappa shape index (κ2) is 9.21. The largest absolute Gasteiger partial charge is 0.376 e. The molecule has 2 aromatic rings. The summed E-state index contributed by atoms with van der Waals surface area (Å²) in [5.74, 6) is 0.745. The molecule has 1 aromatic carbocycles. The standard InChI is InChI=1S/C23H33N3O2/c1-25(16-22-17-27-12-13-28-22)14-21-15-26(2)24-23(21)20-10-8-19(9-11-20)18-6-4-3-5-7-18/h8-11,15,18,22H,3-7,12-14,16-17H2,1-2H3/t22-/m1/s1. The van der Waals surface area contributed by atoms with Crippen molar-refractivity contribution in [2.24, 2.45) is 7.05 Å². The molecule has 1 saturated carbocycles. The van der Waals surface area contributed by atoms with Gasteiger partial charge in [-0.2, -0.15) is 5.10 Å². The number of nitrogens with zero attached hydrogens (tertiary/aromatic N) is 3. The van der Waals surface area contributed by atoms with Crippen LogP contribution in [-0.2, 0) is 23.1 Å². The molecule has 0 spiro atoms. The fourth-order valence-electron chi connectivity index (χ4n) is 4.59. The number of hydrogen-bond donors (Lipinski definition) is 0. The highest BCUT2D eigenvalue weighted by Crippen LogP contribution is 2.33. The Bertz CT molecular complexity index is 744. The van der Waals surface area contributed by atoms with Crippen molar-refractivity contribution in [1.82, 2.24) is 14.7 Å². The van der Waals surface area contributed by atoms with Crippen LogP contribution in [-0.4, -0.2) is 54.2 Å². The first-order chi connectivity index (χ1) is 13.7. The topological polar surface area (TPSA) is 39.5 Å². The first-order valence-electron chi connectivity index (χ1n) is 10.7. The minimum absolute atomic E-state index is 0.161. The Kier molecular flexibility index (Phi) is 6.45. The van der Waals surface area contributed by atoms with Crippen LogP contribution in [0.3, 0.4) is 0 Å². The van der Waals surface area contributed by atoms with E-state index in [1.54, 1.807) is 0 Å². The van der Waals surface area contributed by atoms with E-state index in [0.29, 0.717) is 19.8 Å². The van der Waals surface area contributed by atoms with E-state index in [-0.39, 0.29) is 6.10 Å². The molecule has 2 aliphatic rings. The molecule has 28 heavy (non-hydrogen) atoms. The number of benzene rings is 1. The van der Waals surface area contributed by atoms with Crippen LogP contribution in [0, 0.1) is 0 Å². The molecule has 1 saturated heterocycles. The van der Waals surface area contributed by atoms with Crippen molar-refractivity contribution in [2.75, 3.05) is 33.4 Å². The van der Waals surface area contributed by atoms with Crippen molar-refractivity contribution in [2.45, 2.75) is 50.7 Å². The van der Waals surface area contributed by atoms with Gasteiger partial charge in [-0.25, -0.2) is 0 Å². The molecule has 0 amide bonds. The number of likely N-dealkylation sites (N-methyl/N-ethyl adjacent to an activating group) is 1. The number of hydrogen-bond acceptors (Lipinski definition) is 4. The first-order valence-corrected chi connectivity index (χ1v) is 10.7. The van der Waals surface area contributed by atoms with Crippen molar-refractivity contribution >= 4 is 0 Å². The second-order valence-electron chi connectivity index (χ2n) is 8.40. The zero-order valence-electron chi connectivity index (χ0n) is 17.3. The summed E-state index contributed by atoms with van der Waals surface area (Å²) in [6.07, 6.45) is 9.13. The third kappa shape index (κ3) is 4.83. The molecule has 152 valence electrons. The van der Waals surface area contributed by atoms with Gasteiger partial charge in [0.2, 0.25) is 0 Å². The summed E-state index contributed by atoms with van der Waals surface area (Å²) in [5.41, 5.74) is 5.05. The van der Waals surface area contributed by atoms with E-state index < -0.39 is 0 Å². The summed E-state index contributed by atoms with van der Waals surface area (Å²) in [6, 6.07) is 9.16. The average Bonchev–Trinajstić information content (AvgIpc) is 3.09. The summed E-state index contributed by atoms with van der Waals surface area (Å²) in [4.78, 5) is 2.30. The van der Waals surface area contributed by atoms with Gasteiger partial charge in [-0.3, -0.25) is 9.58 Å². The normalized spacial score (nSPS) is 21.3. The summed E-state index contributed by atoms with van der Waals surface area (Å²) >= 11 is 0. The molecule has 0 unspecified atom stereocenters. The molecule has 5 heteroatoms. The van der Waals surface area contributed by atoms with Gasteiger partial charge in [0.1, 0.15) is 0 Å². The molecule has 4 rings (SSSR count). The third-order valence-corrected chi connectivity index (χ3v) is 6.01. The summed E-state index contributed by atoms with van der Waals surface area (Å²) < 4.78 is 13.2. The van der Waals surface area contributed by atoms with Crippen LogP contribution in [0.4, 0.5) is 0 Å². The van der Waals surface area contributed by atoms with E-state index in [4.69, 9.17) is 14.6 Å². The molecule has 1 aromatic heterocycles. The maximum atomic E-state index is 5.79. The summed E-state index contributed by atoms with van der Waals surface area (Å²) in [7, 11) is 4.14. The molecule has 1 atom stereocenters. The van der Waals surface area contributed by atoms with E-state index in [1.165, 1.54) is 48.8 Å². The highest BCUT2D eigenvalue weighted by molar-refractivity contribution is 5.63. The average molecular weight is 384 g/mol. The van der Waals surface area contributed by atoms with Crippen molar-refractivity contribution in [1.29, 1.82) is 0 Å². The van der Waals surface area contributed by atoms with Gasteiger partial charge in [0.25, 0.3) is 0 Å². The van der Waals surface area contributed by atoms with E-state index in [1.807, 2.05) is 11.7 Å². The Hall–Kier alpha value is -1.69. The lowest BCUT2D eigenvalue weighted by atomic mass is 9.84. The van der Waals surface area contributed by atoms with Crippen molar-refractivity contribution in [3.63, 3.8) is 0 Å². The molecule has 2 fully saturated rings. The Balaban J connectivity index is 1.44. The van der Waals surface area contributed by atoms with Crippen molar-refractivity contribution in [3.8, 4) is 11.3 Å². The zero-order chi connectivity index (χ0) is 19.3. The maximum absolute atomic E-state index is 5.79. The first kappa shape index (κ1) is 19.6. The van der Waals surface area contributed by atoms with Gasteiger partial charge in [0.05, 0.1) is 31.6 Å². The van der Waals surface area contributed by atoms with E-state index >= 15 is 0 Å². The third-order valence-electron chi connectivity index (χ3n) is 6.01. The fraction of sp³-hybridized carbons (Fsp3) is 0.609. The maximum Gasteiger partial charge on any atom is 0.0968 e. The van der Waals surface area contributed by atoms with Crippen LogP contribution in [0.25, 0.3) is 11.3 Å². The predicted molar refractivity (Wildman–Crippen MR) is 111 cm³/mol. The number of ether oxygens (including phenoxy) is 2. The Morgan fingerprint density at radius 1 is 1.11 bits per heavy atom. The minimum Gasteiger partial charge on any atom is -0.376 e. The van der Waals surface area contributed by atoms with Gasteiger partial charge in [0, 0.05) is 37.5 Å². The smallest absolute Gasteiger partial charge is 0.0968 e. The van der Waals surface area contributed by atoms with Crippen LogP contribution in [0.5, 0.6) is 0 Å². The van der Waals surface area contributed by atoms with Crippen LogP contribution in [0.1, 0.15) is 49.1 Å². The molecule has 2 heterocycles. The predicted octanol–water partition coefficient (Wildman–Crippen LogP) is 3.98. The van der Waals surface area contributed by atoms with E-state index in [9.17, 15) is 0 Å². The molecule has 1 aliphatic heterocycles. The van der Waals surface area contributed by atoms with Crippen LogP contribution < -0.4 is 0 Å². The van der Waals surface area contributed by atoms with E-state index in [0.717, 1.165) is 24.7 Å². The van der Waals surface area contributed by atoms with Gasteiger partial charge in [-0.1, -0.05) is 43.5 Å².